The molecule has 104 valence electrons. The fourth-order valence-corrected chi connectivity index (χ4v) is 4.84. The Hall–Kier alpha value is -1.07. The molecule has 0 aromatic heterocycles. The average molecular weight is 281 g/mol. The van der Waals surface area contributed by atoms with Crippen molar-refractivity contribution >= 4 is 9.84 Å². The Labute approximate surface area is 114 Å². The van der Waals surface area contributed by atoms with Crippen LogP contribution < -0.4 is 10.1 Å². The Morgan fingerprint density at radius 1 is 1.21 bits per heavy atom. The lowest BCUT2D eigenvalue weighted by Gasteiger charge is -2.29. The Morgan fingerprint density at radius 2 is 2.00 bits per heavy atom. The summed E-state index contributed by atoms with van der Waals surface area (Å²) < 4.78 is 30.1. The van der Waals surface area contributed by atoms with Gasteiger partial charge in [-0.15, -0.1) is 0 Å². The van der Waals surface area contributed by atoms with Crippen LogP contribution in [-0.2, 0) is 9.84 Å². The first-order valence-corrected chi connectivity index (χ1v) is 8.59. The molecule has 1 N–H and O–H groups in total. The first kappa shape index (κ1) is 12.9. The van der Waals surface area contributed by atoms with Crippen molar-refractivity contribution in [3.8, 4) is 5.75 Å². The highest BCUT2D eigenvalue weighted by Gasteiger charge is 2.29. The van der Waals surface area contributed by atoms with Crippen molar-refractivity contribution in [1.82, 2.24) is 5.32 Å². The summed E-state index contributed by atoms with van der Waals surface area (Å²) in [5.41, 5.74) is 1.05. The van der Waals surface area contributed by atoms with Crippen LogP contribution in [0, 0.1) is 5.92 Å². The monoisotopic (exact) mass is 281 g/mol. The van der Waals surface area contributed by atoms with Gasteiger partial charge in [-0.3, -0.25) is 0 Å². The molecule has 1 atom stereocenters. The van der Waals surface area contributed by atoms with Crippen LogP contribution in [0.15, 0.2) is 24.3 Å². The molecule has 1 unspecified atom stereocenters. The van der Waals surface area contributed by atoms with Crippen molar-refractivity contribution in [3.05, 3.63) is 29.8 Å². The van der Waals surface area contributed by atoms with Crippen LogP contribution in [-0.4, -0.2) is 39.6 Å². The molecule has 0 aliphatic carbocycles. The summed E-state index contributed by atoms with van der Waals surface area (Å²) in [5, 5.41) is 3.12. The van der Waals surface area contributed by atoms with Gasteiger partial charge in [0.2, 0.25) is 0 Å². The summed E-state index contributed by atoms with van der Waals surface area (Å²) in [6, 6.07) is 7.78. The Morgan fingerprint density at radius 3 is 2.74 bits per heavy atom. The maximum absolute atomic E-state index is 12.2. The minimum absolute atomic E-state index is 0.0861. The highest BCUT2D eigenvalue weighted by atomic mass is 32.2. The van der Waals surface area contributed by atoms with E-state index in [0.29, 0.717) is 18.3 Å². The lowest BCUT2D eigenvalue weighted by molar-refractivity contribution is 0.272. The third kappa shape index (κ3) is 2.92. The summed E-state index contributed by atoms with van der Waals surface area (Å²) in [5.74, 6) is 1.81. The molecular formula is C14H19NO3S. The van der Waals surface area contributed by atoms with E-state index in [1.165, 1.54) is 0 Å². The molecule has 1 fully saturated rings. The highest BCUT2D eigenvalue weighted by Crippen LogP contribution is 2.34. The summed E-state index contributed by atoms with van der Waals surface area (Å²) in [6.45, 7) is 2.29. The summed E-state index contributed by atoms with van der Waals surface area (Å²) in [6.07, 6.45) is 0.791. The van der Waals surface area contributed by atoms with Crippen LogP contribution in [0.4, 0.5) is 0 Å². The van der Waals surface area contributed by atoms with Crippen molar-refractivity contribution in [1.29, 1.82) is 0 Å². The fraction of sp³-hybridized carbons (Fsp3) is 0.571. The number of rotatable bonds is 4. The van der Waals surface area contributed by atoms with Gasteiger partial charge in [0.25, 0.3) is 0 Å². The molecule has 0 amide bonds. The average Bonchev–Trinajstić information content (AvgIpc) is 2.34. The maximum atomic E-state index is 12.2. The van der Waals surface area contributed by atoms with E-state index >= 15 is 0 Å². The number of ether oxygens (including phenoxy) is 1. The molecule has 0 saturated carbocycles. The van der Waals surface area contributed by atoms with Crippen molar-refractivity contribution < 1.29 is 13.2 Å². The van der Waals surface area contributed by atoms with Gasteiger partial charge in [-0.1, -0.05) is 18.2 Å². The zero-order valence-corrected chi connectivity index (χ0v) is 11.7. The van der Waals surface area contributed by atoms with Crippen LogP contribution in [0.2, 0.25) is 0 Å². The summed E-state index contributed by atoms with van der Waals surface area (Å²) in [4.78, 5) is 0. The van der Waals surface area contributed by atoms with Gasteiger partial charge in [-0.05, 0) is 24.0 Å². The van der Waals surface area contributed by atoms with E-state index < -0.39 is 9.84 Å². The second-order valence-electron chi connectivity index (χ2n) is 5.47. The van der Waals surface area contributed by atoms with E-state index in [0.717, 1.165) is 30.8 Å². The Kier molecular flexibility index (Phi) is 3.50. The number of hydrogen-bond acceptors (Lipinski definition) is 4. The smallest absolute Gasteiger partial charge is 0.151 e. The van der Waals surface area contributed by atoms with E-state index in [4.69, 9.17) is 4.74 Å². The third-order valence-corrected chi connectivity index (χ3v) is 5.78. The van der Waals surface area contributed by atoms with Crippen molar-refractivity contribution in [2.24, 2.45) is 5.92 Å². The second-order valence-corrected chi connectivity index (χ2v) is 7.63. The van der Waals surface area contributed by atoms with Crippen molar-refractivity contribution in [2.75, 3.05) is 31.2 Å². The van der Waals surface area contributed by atoms with Gasteiger partial charge < -0.3 is 10.1 Å². The van der Waals surface area contributed by atoms with E-state index in [9.17, 15) is 8.42 Å². The zero-order chi connectivity index (χ0) is 13.3. The molecule has 0 radical (unpaired) electrons. The molecule has 1 saturated heterocycles. The Balaban J connectivity index is 1.73. The lowest BCUT2D eigenvalue weighted by atomic mass is 9.95. The molecule has 1 aromatic carbocycles. The van der Waals surface area contributed by atoms with Gasteiger partial charge >= 0.3 is 0 Å². The minimum Gasteiger partial charge on any atom is -0.493 e. The quantitative estimate of drug-likeness (QED) is 0.900. The van der Waals surface area contributed by atoms with Gasteiger partial charge in [0.15, 0.2) is 9.84 Å². The number of benzene rings is 1. The molecule has 5 heteroatoms. The zero-order valence-electron chi connectivity index (χ0n) is 10.8. The summed E-state index contributed by atoms with van der Waals surface area (Å²) >= 11 is 0. The molecular weight excluding hydrogens is 262 g/mol. The molecule has 2 aliphatic heterocycles. The van der Waals surface area contributed by atoms with Crippen LogP contribution in [0.25, 0.3) is 0 Å². The van der Waals surface area contributed by atoms with Crippen LogP contribution >= 0.6 is 0 Å². The highest BCUT2D eigenvalue weighted by molar-refractivity contribution is 7.91. The standard InChI is InChI=1S/C14H19NO3S/c16-19(17,9-11-7-15-8-11)10-12-5-6-18-14-4-2-1-3-13(12)14/h1-4,11-12,15H,5-10H2. The Bertz CT molecular complexity index is 552. The third-order valence-electron chi connectivity index (χ3n) is 3.89. The number of fused-ring (bicyclic) bond motifs is 1. The molecule has 2 heterocycles. The van der Waals surface area contributed by atoms with E-state index in [2.05, 4.69) is 5.32 Å². The molecule has 0 bridgehead atoms. The van der Waals surface area contributed by atoms with Gasteiger partial charge in [0.1, 0.15) is 5.75 Å². The van der Waals surface area contributed by atoms with Crippen molar-refractivity contribution in [2.45, 2.75) is 12.3 Å². The van der Waals surface area contributed by atoms with Crippen molar-refractivity contribution in [3.63, 3.8) is 0 Å². The normalized spacial score (nSPS) is 23.3. The number of nitrogens with one attached hydrogen (secondary N) is 1. The molecule has 1 aromatic rings. The number of hydrogen-bond donors (Lipinski definition) is 1. The molecule has 3 rings (SSSR count). The fourth-order valence-electron chi connectivity index (χ4n) is 2.79. The van der Waals surface area contributed by atoms with Gasteiger partial charge in [-0.2, -0.15) is 0 Å². The molecule has 2 aliphatic rings. The van der Waals surface area contributed by atoms with Crippen LogP contribution in [0.1, 0.15) is 17.9 Å². The van der Waals surface area contributed by atoms with Gasteiger partial charge in [0.05, 0.1) is 18.1 Å². The van der Waals surface area contributed by atoms with Gasteiger partial charge in [-0.25, -0.2) is 8.42 Å². The van der Waals surface area contributed by atoms with E-state index in [1.807, 2.05) is 24.3 Å². The van der Waals surface area contributed by atoms with Crippen LogP contribution in [0.5, 0.6) is 5.75 Å². The first-order valence-electron chi connectivity index (χ1n) is 6.77. The minimum atomic E-state index is -2.98. The van der Waals surface area contributed by atoms with E-state index in [-0.39, 0.29) is 11.7 Å². The maximum Gasteiger partial charge on any atom is 0.151 e. The topological polar surface area (TPSA) is 55.4 Å². The SMILES string of the molecule is O=S(=O)(CC1CNC1)CC1CCOc2ccccc21. The number of sulfone groups is 1. The lowest BCUT2D eigenvalue weighted by Crippen LogP contribution is -2.46. The predicted molar refractivity (Wildman–Crippen MR) is 74.3 cm³/mol. The van der Waals surface area contributed by atoms with E-state index in [1.54, 1.807) is 0 Å². The first-order chi connectivity index (χ1) is 9.14. The number of para-hydroxylation sites is 1. The predicted octanol–water partition coefficient (Wildman–Crippen LogP) is 1.19. The van der Waals surface area contributed by atoms with Crippen LogP contribution in [0.3, 0.4) is 0 Å². The van der Waals surface area contributed by atoms with Gasteiger partial charge in [0, 0.05) is 19.0 Å². The second kappa shape index (κ2) is 5.13. The molecule has 4 nitrogen and oxygen atoms in total. The molecule has 0 spiro atoms. The molecule has 19 heavy (non-hydrogen) atoms. The largest absolute Gasteiger partial charge is 0.493 e. The summed E-state index contributed by atoms with van der Waals surface area (Å²) in [7, 11) is -2.98.